The molecule has 3 N–H and O–H groups in total. The molecule has 2 rings (SSSR count). The van der Waals surface area contributed by atoms with Crippen LogP contribution in [-0.4, -0.2) is 40.9 Å². The second kappa shape index (κ2) is 13.1. The summed E-state index contributed by atoms with van der Waals surface area (Å²) in [4.78, 5) is 25.6. The van der Waals surface area contributed by atoms with Crippen molar-refractivity contribution in [2.24, 2.45) is 5.92 Å². The highest BCUT2D eigenvalue weighted by Crippen LogP contribution is 2.17. The standard InChI is InChI=1S/C29H40N2O4/c1-20(2)26(31-28(34)35-29(4,5)6)27(33)30-24(19-23-15-11-8-12-16-23)25(32)18-21(3)17-22-13-9-7-10-14-22/h7-16,20,24-26,32H,3,17-19H2,1-2,4-6H3,(H,30,33)(H,31,34)/t24-,25+,26-/m0/s1. The number of hydrogen-bond donors (Lipinski definition) is 3. The maximum Gasteiger partial charge on any atom is 0.408 e. The Morgan fingerprint density at radius 1 is 0.943 bits per heavy atom. The summed E-state index contributed by atoms with van der Waals surface area (Å²) in [5, 5.41) is 16.8. The van der Waals surface area contributed by atoms with Crippen LogP contribution < -0.4 is 10.6 Å². The number of alkyl carbamates (subject to hydrolysis) is 1. The number of amides is 2. The minimum Gasteiger partial charge on any atom is -0.444 e. The van der Waals surface area contributed by atoms with Crippen molar-refractivity contribution in [3.8, 4) is 0 Å². The van der Waals surface area contributed by atoms with E-state index in [0.29, 0.717) is 19.3 Å². The van der Waals surface area contributed by atoms with Gasteiger partial charge in [-0.3, -0.25) is 4.79 Å². The number of nitrogens with one attached hydrogen (secondary N) is 2. The number of benzene rings is 2. The molecule has 0 aliphatic heterocycles. The maximum atomic E-state index is 13.3. The third-order valence-corrected chi connectivity index (χ3v) is 5.51. The van der Waals surface area contributed by atoms with Gasteiger partial charge < -0.3 is 20.5 Å². The highest BCUT2D eigenvalue weighted by atomic mass is 16.6. The monoisotopic (exact) mass is 480 g/mol. The fourth-order valence-corrected chi connectivity index (χ4v) is 3.79. The van der Waals surface area contributed by atoms with E-state index in [1.165, 1.54) is 0 Å². The SMILES string of the molecule is C=C(Cc1ccccc1)C[C@@H](O)[C@H](Cc1ccccc1)NC(=O)[C@@H](NC(=O)OC(C)(C)C)C(C)C. The van der Waals surface area contributed by atoms with E-state index in [4.69, 9.17) is 4.74 Å². The van der Waals surface area contributed by atoms with Crippen molar-refractivity contribution >= 4 is 12.0 Å². The van der Waals surface area contributed by atoms with Gasteiger partial charge in [0.05, 0.1) is 12.1 Å². The molecule has 6 heteroatoms. The fraction of sp³-hybridized carbons (Fsp3) is 0.448. The Hall–Kier alpha value is -3.12. The molecule has 2 aromatic carbocycles. The highest BCUT2D eigenvalue weighted by Gasteiger charge is 2.30. The van der Waals surface area contributed by atoms with Gasteiger partial charge in [-0.15, -0.1) is 0 Å². The van der Waals surface area contributed by atoms with Gasteiger partial charge in [0.15, 0.2) is 0 Å². The molecule has 0 spiro atoms. The van der Waals surface area contributed by atoms with Crippen LogP contribution >= 0.6 is 0 Å². The van der Waals surface area contributed by atoms with Gasteiger partial charge in [0.1, 0.15) is 11.6 Å². The predicted octanol–water partition coefficient (Wildman–Crippen LogP) is 4.81. The lowest BCUT2D eigenvalue weighted by atomic mass is 9.93. The van der Waals surface area contributed by atoms with Crippen LogP contribution in [0.15, 0.2) is 72.8 Å². The molecule has 0 bridgehead atoms. The van der Waals surface area contributed by atoms with E-state index in [0.717, 1.165) is 16.7 Å². The van der Waals surface area contributed by atoms with Gasteiger partial charge in [-0.1, -0.05) is 86.7 Å². The van der Waals surface area contributed by atoms with E-state index in [1.54, 1.807) is 20.8 Å². The summed E-state index contributed by atoms with van der Waals surface area (Å²) in [5.41, 5.74) is 2.32. The molecule has 0 fully saturated rings. The van der Waals surface area contributed by atoms with Crippen molar-refractivity contribution < 1.29 is 19.4 Å². The second-order valence-electron chi connectivity index (χ2n) is 10.4. The lowest BCUT2D eigenvalue weighted by Gasteiger charge is -2.29. The van der Waals surface area contributed by atoms with Crippen molar-refractivity contribution in [1.82, 2.24) is 10.6 Å². The second-order valence-corrected chi connectivity index (χ2v) is 10.4. The summed E-state index contributed by atoms with van der Waals surface area (Å²) in [6, 6.07) is 18.3. The Bertz CT molecular complexity index is 952. The van der Waals surface area contributed by atoms with Crippen LogP contribution in [0.3, 0.4) is 0 Å². The molecular formula is C29H40N2O4. The van der Waals surface area contributed by atoms with E-state index >= 15 is 0 Å². The predicted molar refractivity (Wildman–Crippen MR) is 140 cm³/mol. The number of carbonyl (C=O) groups excluding carboxylic acids is 2. The van der Waals surface area contributed by atoms with Crippen molar-refractivity contribution in [1.29, 1.82) is 0 Å². The van der Waals surface area contributed by atoms with Gasteiger partial charge in [0.2, 0.25) is 5.91 Å². The highest BCUT2D eigenvalue weighted by molar-refractivity contribution is 5.86. The minimum absolute atomic E-state index is 0.176. The number of hydrogen-bond acceptors (Lipinski definition) is 4. The molecule has 0 aliphatic rings. The zero-order valence-corrected chi connectivity index (χ0v) is 21.6. The molecule has 0 saturated heterocycles. The lowest BCUT2D eigenvalue weighted by molar-refractivity contribution is -0.125. The summed E-state index contributed by atoms with van der Waals surface area (Å²) in [7, 11) is 0. The third-order valence-electron chi connectivity index (χ3n) is 5.51. The largest absolute Gasteiger partial charge is 0.444 e. The summed E-state index contributed by atoms with van der Waals surface area (Å²) in [6.07, 6.45) is -0.0478. The van der Waals surface area contributed by atoms with Gasteiger partial charge in [0, 0.05) is 0 Å². The fourth-order valence-electron chi connectivity index (χ4n) is 3.79. The van der Waals surface area contributed by atoms with Crippen molar-refractivity contribution in [3.63, 3.8) is 0 Å². The van der Waals surface area contributed by atoms with Gasteiger partial charge in [0.25, 0.3) is 0 Å². The minimum atomic E-state index is -0.843. The first-order valence-corrected chi connectivity index (χ1v) is 12.2. The Morgan fingerprint density at radius 2 is 1.49 bits per heavy atom. The van der Waals surface area contributed by atoms with Gasteiger partial charge in [-0.05, 0) is 57.1 Å². The number of aliphatic hydroxyl groups excluding tert-OH is 1. The quantitative estimate of drug-likeness (QED) is 0.403. The number of aliphatic hydroxyl groups is 1. The van der Waals surface area contributed by atoms with Crippen LogP contribution in [0.1, 0.15) is 52.2 Å². The van der Waals surface area contributed by atoms with Crippen LogP contribution in [0.5, 0.6) is 0 Å². The Labute approximate surface area is 209 Å². The molecule has 0 heterocycles. The zero-order valence-electron chi connectivity index (χ0n) is 21.6. The Balaban J connectivity index is 2.13. The first-order chi connectivity index (χ1) is 16.4. The molecule has 0 aliphatic carbocycles. The normalized spacial score (nSPS) is 14.0. The molecule has 0 radical (unpaired) electrons. The van der Waals surface area contributed by atoms with Crippen molar-refractivity contribution in [3.05, 3.63) is 83.9 Å². The van der Waals surface area contributed by atoms with E-state index < -0.39 is 29.9 Å². The number of rotatable bonds is 11. The smallest absolute Gasteiger partial charge is 0.408 e. The summed E-state index contributed by atoms with van der Waals surface area (Å²) >= 11 is 0. The summed E-state index contributed by atoms with van der Waals surface area (Å²) in [5.74, 6) is -0.537. The average Bonchev–Trinajstić information content (AvgIpc) is 2.76. The third kappa shape index (κ3) is 10.4. The van der Waals surface area contributed by atoms with E-state index in [1.807, 2.05) is 74.5 Å². The van der Waals surface area contributed by atoms with E-state index in [-0.39, 0.29) is 11.8 Å². The first-order valence-electron chi connectivity index (χ1n) is 12.2. The molecule has 190 valence electrons. The molecular weight excluding hydrogens is 440 g/mol. The van der Waals surface area contributed by atoms with Gasteiger partial charge in [-0.25, -0.2) is 4.79 Å². The number of carbonyl (C=O) groups is 2. The molecule has 6 nitrogen and oxygen atoms in total. The molecule has 3 atom stereocenters. The molecule has 2 aromatic rings. The lowest BCUT2D eigenvalue weighted by Crippen LogP contribution is -2.55. The van der Waals surface area contributed by atoms with Crippen LogP contribution in [0.2, 0.25) is 0 Å². The topological polar surface area (TPSA) is 87.7 Å². The molecule has 0 aromatic heterocycles. The van der Waals surface area contributed by atoms with E-state index in [9.17, 15) is 14.7 Å². The first kappa shape index (κ1) is 28.1. The van der Waals surface area contributed by atoms with Gasteiger partial charge in [-0.2, -0.15) is 0 Å². The van der Waals surface area contributed by atoms with Crippen LogP contribution in [0.4, 0.5) is 4.79 Å². The summed E-state index contributed by atoms with van der Waals surface area (Å²) < 4.78 is 5.33. The van der Waals surface area contributed by atoms with E-state index in [2.05, 4.69) is 17.2 Å². The van der Waals surface area contributed by atoms with Crippen LogP contribution in [0, 0.1) is 5.92 Å². The average molecular weight is 481 g/mol. The van der Waals surface area contributed by atoms with Crippen LogP contribution in [0.25, 0.3) is 0 Å². The molecule has 35 heavy (non-hydrogen) atoms. The van der Waals surface area contributed by atoms with Gasteiger partial charge >= 0.3 is 6.09 Å². The number of ether oxygens (including phenoxy) is 1. The summed E-state index contributed by atoms with van der Waals surface area (Å²) in [6.45, 7) is 13.2. The van der Waals surface area contributed by atoms with Crippen LogP contribution in [-0.2, 0) is 22.4 Å². The zero-order chi connectivity index (χ0) is 26.0. The van der Waals surface area contributed by atoms with Crippen molar-refractivity contribution in [2.45, 2.75) is 77.7 Å². The maximum absolute atomic E-state index is 13.3. The molecule has 2 amide bonds. The Kier molecular flexibility index (Phi) is 10.5. The Morgan fingerprint density at radius 3 is 2.00 bits per heavy atom. The molecule has 0 saturated carbocycles. The van der Waals surface area contributed by atoms with Crippen molar-refractivity contribution in [2.75, 3.05) is 0 Å². The molecule has 0 unspecified atom stereocenters.